The van der Waals surface area contributed by atoms with E-state index in [-0.39, 0.29) is 5.91 Å². The van der Waals surface area contributed by atoms with Crippen molar-refractivity contribution in [2.45, 2.75) is 32.7 Å². The zero-order valence-electron chi connectivity index (χ0n) is 18.9. The minimum atomic E-state index is 0.0454. The molecule has 0 spiro atoms. The van der Waals surface area contributed by atoms with Crippen LogP contribution in [0.2, 0.25) is 0 Å². The molecule has 2 fully saturated rings. The first-order valence-corrected chi connectivity index (χ1v) is 12.4. The highest BCUT2D eigenvalue weighted by Crippen LogP contribution is 2.27. The fourth-order valence-electron chi connectivity index (χ4n) is 4.98. The van der Waals surface area contributed by atoms with E-state index in [4.69, 9.17) is 0 Å². The van der Waals surface area contributed by atoms with Gasteiger partial charge in [0.1, 0.15) is 0 Å². The number of aromatic amines is 1. The first-order valence-electron chi connectivity index (χ1n) is 11.5. The minimum Gasteiger partial charge on any atom is -0.369 e. The second kappa shape index (κ2) is 9.08. The molecule has 168 valence electrons. The molecule has 0 bridgehead atoms. The number of anilines is 1. The van der Waals surface area contributed by atoms with E-state index in [1.165, 1.54) is 16.1 Å². The maximum Gasteiger partial charge on any atom is 0.274 e. The standard InChI is InChI=1S/C25H31N5OS/c1-18-6-3-4-8-23(18)29-14-12-28(13-15-29)20-7-5-11-30(17-20)25(31)22-16-21(26-27-22)24-10-9-19(2)32-24/h3-4,6,8-10,16,20H,5,7,11-15,17H2,1-2H3,(H,26,27). The molecule has 5 rings (SSSR count). The third kappa shape index (κ3) is 4.32. The molecule has 2 aromatic heterocycles. The van der Waals surface area contributed by atoms with E-state index in [9.17, 15) is 4.79 Å². The quantitative estimate of drug-likeness (QED) is 0.649. The fourth-order valence-corrected chi connectivity index (χ4v) is 5.82. The van der Waals surface area contributed by atoms with Crippen LogP contribution < -0.4 is 4.90 Å². The number of benzene rings is 1. The Morgan fingerprint density at radius 3 is 2.62 bits per heavy atom. The van der Waals surface area contributed by atoms with Gasteiger partial charge >= 0.3 is 0 Å². The number of rotatable bonds is 4. The van der Waals surface area contributed by atoms with Gasteiger partial charge in [0.25, 0.3) is 5.91 Å². The minimum absolute atomic E-state index is 0.0454. The monoisotopic (exact) mass is 449 g/mol. The number of nitrogens with one attached hydrogen (secondary N) is 1. The summed E-state index contributed by atoms with van der Waals surface area (Å²) in [6.45, 7) is 10.1. The van der Waals surface area contributed by atoms with Crippen molar-refractivity contribution < 1.29 is 4.79 Å². The van der Waals surface area contributed by atoms with Crippen LogP contribution in [0.1, 0.15) is 33.8 Å². The van der Waals surface area contributed by atoms with Gasteiger partial charge in [0.2, 0.25) is 0 Å². The second-order valence-electron chi connectivity index (χ2n) is 8.93. The number of carbonyl (C=O) groups is 1. The Balaban J connectivity index is 1.20. The Morgan fingerprint density at radius 2 is 1.88 bits per heavy atom. The summed E-state index contributed by atoms with van der Waals surface area (Å²) < 4.78 is 0. The van der Waals surface area contributed by atoms with Gasteiger partial charge in [-0.25, -0.2) is 0 Å². The molecule has 1 amide bonds. The summed E-state index contributed by atoms with van der Waals surface area (Å²) in [5, 5.41) is 7.39. The highest BCUT2D eigenvalue weighted by Gasteiger charge is 2.31. The highest BCUT2D eigenvalue weighted by atomic mass is 32.1. The van der Waals surface area contributed by atoms with E-state index in [0.29, 0.717) is 11.7 Å². The average molecular weight is 450 g/mol. The first kappa shape index (κ1) is 21.2. The summed E-state index contributed by atoms with van der Waals surface area (Å²) in [6.07, 6.45) is 2.21. The van der Waals surface area contributed by atoms with E-state index >= 15 is 0 Å². The lowest BCUT2D eigenvalue weighted by Gasteiger charge is -2.44. The van der Waals surface area contributed by atoms with Crippen LogP contribution >= 0.6 is 11.3 Å². The molecule has 1 aromatic carbocycles. The number of hydrogen-bond donors (Lipinski definition) is 1. The Labute approximate surface area is 193 Å². The van der Waals surface area contributed by atoms with Crippen molar-refractivity contribution in [2.75, 3.05) is 44.2 Å². The lowest BCUT2D eigenvalue weighted by atomic mass is 10.0. The van der Waals surface area contributed by atoms with Crippen molar-refractivity contribution in [1.82, 2.24) is 20.0 Å². The van der Waals surface area contributed by atoms with Crippen LogP contribution in [0.3, 0.4) is 0 Å². The SMILES string of the molecule is Cc1ccc(-c2cc(C(=O)N3CCCC(N4CCN(c5ccccc5C)CC4)C3)n[nH]2)s1. The van der Waals surface area contributed by atoms with Crippen LogP contribution in [0, 0.1) is 13.8 Å². The van der Waals surface area contributed by atoms with Crippen LogP contribution in [0.4, 0.5) is 5.69 Å². The molecule has 2 saturated heterocycles. The third-order valence-electron chi connectivity index (χ3n) is 6.77. The largest absolute Gasteiger partial charge is 0.369 e. The molecule has 3 aromatic rings. The number of para-hydroxylation sites is 1. The third-order valence-corrected chi connectivity index (χ3v) is 7.81. The van der Waals surface area contributed by atoms with Gasteiger partial charge in [0.15, 0.2) is 5.69 Å². The summed E-state index contributed by atoms with van der Waals surface area (Å²) in [4.78, 5) is 22.6. The lowest BCUT2D eigenvalue weighted by molar-refractivity contribution is 0.0558. The van der Waals surface area contributed by atoms with Crippen LogP contribution in [0.15, 0.2) is 42.5 Å². The van der Waals surface area contributed by atoms with Crippen LogP contribution in [-0.2, 0) is 0 Å². The van der Waals surface area contributed by atoms with Crippen LogP contribution in [-0.4, -0.2) is 71.2 Å². The van der Waals surface area contributed by atoms with Gasteiger partial charge in [0, 0.05) is 55.9 Å². The van der Waals surface area contributed by atoms with E-state index in [1.54, 1.807) is 11.3 Å². The zero-order valence-corrected chi connectivity index (χ0v) is 19.7. The Hall–Kier alpha value is -2.64. The summed E-state index contributed by atoms with van der Waals surface area (Å²) in [5.74, 6) is 0.0454. The van der Waals surface area contributed by atoms with Crippen molar-refractivity contribution in [3.8, 4) is 10.6 Å². The molecule has 1 unspecified atom stereocenters. The van der Waals surface area contributed by atoms with Crippen molar-refractivity contribution in [1.29, 1.82) is 0 Å². The molecule has 0 saturated carbocycles. The molecular weight excluding hydrogens is 418 g/mol. The summed E-state index contributed by atoms with van der Waals surface area (Å²) in [5.41, 5.74) is 4.14. The van der Waals surface area contributed by atoms with Crippen molar-refractivity contribution >= 4 is 22.9 Å². The number of hydrogen-bond acceptors (Lipinski definition) is 5. The first-order chi connectivity index (χ1) is 15.6. The molecule has 4 heterocycles. The summed E-state index contributed by atoms with van der Waals surface area (Å²) >= 11 is 1.71. The van der Waals surface area contributed by atoms with E-state index in [1.807, 2.05) is 11.0 Å². The van der Waals surface area contributed by atoms with Crippen molar-refractivity contribution in [2.24, 2.45) is 0 Å². The van der Waals surface area contributed by atoms with Crippen LogP contribution in [0.25, 0.3) is 10.6 Å². The van der Waals surface area contributed by atoms with Crippen molar-refractivity contribution in [3.05, 3.63) is 58.6 Å². The average Bonchev–Trinajstić information content (AvgIpc) is 3.48. The molecule has 2 aliphatic heterocycles. The van der Waals surface area contributed by atoms with Gasteiger partial charge < -0.3 is 9.80 Å². The zero-order chi connectivity index (χ0) is 22.1. The number of thiophene rings is 1. The van der Waals surface area contributed by atoms with Crippen molar-refractivity contribution in [3.63, 3.8) is 0 Å². The Kier molecular flexibility index (Phi) is 6.02. The van der Waals surface area contributed by atoms with Gasteiger partial charge in [-0.3, -0.25) is 14.8 Å². The van der Waals surface area contributed by atoms with E-state index in [2.05, 4.69) is 70.2 Å². The molecule has 7 heteroatoms. The van der Waals surface area contributed by atoms with Gasteiger partial charge in [-0.05, 0) is 56.5 Å². The number of aromatic nitrogens is 2. The number of aryl methyl sites for hydroxylation is 2. The number of H-pyrrole nitrogens is 1. The fraction of sp³-hybridized carbons (Fsp3) is 0.440. The number of piperidine rings is 1. The second-order valence-corrected chi connectivity index (χ2v) is 10.2. The molecule has 0 radical (unpaired) electrons. The van der Waals surface area contributed by atoms with Crippen LogP contribution in [0.5, 0.6) is 0 Å². The maximum atomic E-state index is 13.2. The van der Waals surface area contributed by atoms with Gasteiger partial charge in [0.05, 0.1) is 10.6 Å². The number of nitrogens with zero attached hydrogens (tertiary/aromatic N) is 4. The molecular formula is C25H31N5OS. The number of piperazine rings is 1. The number of amides is 1. The number of likely N-dealkylation sites (tertiary alicyclic amines) is 1. The topological polar surface area (TPSA) is 55.5 Å². The Morgan fingerprint density at radius 1 is 1.06 bits per heavy atom. The molecule has 1 atom stereocenters. The number of carbonyl (C=O) groups excluding carboxylic acids is 1. The maximum absolute atomic E-state index is 13.2. The van der Waals surface area contributed by atoms with Gasteiger partial charge in [-0.2, -0.15) is 5.10 Å². The summed E-state index contributed by atoms with van der Waals surface area (Å²) in [6, 6.07) is 15.1. The Bertz CT molecular complexity index is 1080. The smallest absolute Gasteiger partial charge is 0.274 e. The predicted octanol–water partition coefficient (Wildman–Crippen LogP) is 4.18. The molecule has 1 N–H and O–H groups in total. The normalized spacial score (nSPS) is 20.0. The highest BCUT2D eigenvalue weighted by molar-refractivity contribution is 7.15. The molecule has 6 nitrogen and oxygen atoms in total. The lowest BCUT2D eigenvalue weighted by Crippen LogP contribution is -2.56. The molecule has 2 aliphatic rings. The predicted molar refractivity (Wildman–Crippen MR) is 131 cm³/mol. The molecule has 32 heavy (non-hydrogen) atoms. The van der Waals surface area contributed by atoms with E-state index < -0.39 is 0 Å². The van der Waals surface area contributed by atoms with Gasteiger partial charge in [-0.1, -0.05) is 18.2 Å². The van der Waals surface area contributed by atoms with Gasteiger partial charge in [-0.15, -0.1) is 11.3 Å². The molecule has 0 aliphatic carbocycles. The summed E-state index contributed by atoms with van der Waals surface area (Å²) in [7, 11) is 0. The van der Waals surface area contributed by atoms with E-state index in [0.717, 1.165) is 62.7 Å².